The average molecular weight is 442 g/mol. The molecule has 0 spiro atoms. The maximum Gasteiger partial charge on any atom is 0.261 e. The Morgan fingerprint density at radius 2 is 1.65 bits per heavy atom. The van der Waals surface area contributed by atoms with E-state index < -0.39 is 27.7 Å². The molecule has 0 aromatic heterocycles. The zero-order valence-electron chi connectivity index (χ0n) is 17.2. The summed E-state index contributed by atoms with van der Waals surface area (Å²) in [5.74, 6) is -1.00. The molecule has 4 rings (SSSR count). The molecule has 2 aliphatic rings. The highest BCUT2D eigenvalue weighted by atomic mass is 32.2. The van der Waals surface area contributed by atoms with Gasteiger partial charge in [-0.3, -0.25) is 19.7 Å². The Hall–Kier alpha value is -3.04. The fourth-order valence-corrected chi connectivity index (χ4v) is 5.93. The number of benzene rings is 2. The van der Waals surface area contributed by atoms with E-state index in [1.807, 2.05) is 13.8 Å². The molecule has 0 bridgehead atoms. The highest BCUT2D eigenvalue weighted by Crippen LogP contribution is 2.28. The fourth-order valence-electron chi connectivity index (χ4n) is 4.25. The maximum absolute atomic E-state index is 13.0. The monoisotopic (exact) mass is 441 g/mol. The lowest BCUT2D eigenvalue weighted by Gasteiger charge is -2.34. The van der Waals surface area contributed by atoms with Gasteiger partial charge < -0.3 is 5.32 Å². The molecule has 9 heteroatoms. The molecular formula is C22H23N3O5S. The number of hydrogen-bond donors (Lipinski definition) is 2. The van der Waals surface area contributed by atoms with E-state index in [1.165, 1.54) is 40.7 Å². The van der Waals surface area contributed by atoms with Gasteiger partial charge in [0.05, 0.1) is 21.7 Å². The number of amides is 3. The highest BCUT2D eigenvalue weighted by Gasteiger charge is 2.32. The Kier molecular flexibility index (Phi) is 5.40. The van der Waals surface area contributed by atoms with E-state index >= 15 is 0 Å². The van der Waals surface area contributed by atoms with Crippen molar-refractivity contribution in [2.24, 2.45) is 11.8 Å². The van der Waals surface area contributed by atoms with Gasteiger partial charge in [0.15, 0.2) is 0 Å². The van der Waals surface area contributed by atoms with Crippen molar-refractivity contribution >= 4 is 33.4 Å². The first-order valence-electron chi connectivity index (χ1n) is 10.1. The molecule has 2 aromatic carbocycles. The summed E-state index contributed by atoms with van der Waals surface area (Å²) >= 11 is 0. The SMILES string of the molecule is C[C@H]1C[C@H](C)CN(S(=O)(=O)c2ccc(C(=O)Nc3cccc4c3C(=O)NC4=O)cc2)C1. The van der Waals surface area contributed by atoms with Gasteiger partial charge in [-0.15, -0.1) is 0 Å². The molecule has 0 aliphatic carbocycles. The molecule has 2 heterocycles. The van der Waals surface area contributed by atoms with E-state index in [-0.39, 0.29) is 27.3 Å². The van der Waals surface area contributed by atoms with E-state index in [2.05, 4.69) is 10.6 Å². The molecule has 0 unspecified atom stereocenters. The fraction of sp³-hybridized carbons (Fsp3) is 0.318. The van der Waals surface area contributed by atoms with Gasteiger partial charge in [-0.05, 0) is 54.7 Å². The molecule has 1 saturated heterocycles. The van der Waals surface area contributed by atoms with Gasteiger partial charge in [0.1, 0.15) is 0 Å². The third-order valence-electron chi connectivity index (χ3n) is 5.60. The summed E-state index contributed by atoms with van der Waals surface area (Å²) in [7, 11) is -3.64. The summed E-state index contributed by atoms with van der Waals surface area (Å²) in [6.07, 6.45) is 0.998. The number of sulfonamides is 1. The summed E-state index contributed by atoms with van der Waals surface area (Å²) in [5.41, 5.74) is 0.781. The van der Waals surface area contributed by atoms with Crippen molar-refractivity contribution in [1.29, 1.82) is 0 Å². The number of nitrogens with zero attached hydrogens (tertiary/aromatic N) is 1. The van der Waals surface area contributed by atoms with Gasteiger partial charge in [0.25, 0.3) is 17.7 Å². The van der Waals surface area contributed by atoms with Gasteiger partial charge in [0.2, 0.25) is 10.0 Å². The molecule has 0 saturated carbocycles. The van der Waals surface area contributed by atoms with Crippen LogP contribution >= 0.6 is 0 Å². The van der Waals surface area contributed by atoms with E-state index in [0.717, 1.165) is 6.42 Å². The Labute approximate surface area is 180 Å². The molecule has 1 fully saturated rings. The summed E-state index contributed by atoms with van der Waals surface area (Å²) in [5, 5.41) is 4.83. The van der Waals surface area contributed by atoms with Gasteiger partial charge in [-0.1, -0.05) is 19.9 Å². The number of piperidine rings is 1. The van der Waals surface area contributed by atoms with Crippen LogP contribution in [0.3, 0.4) is 0 Å². The molecule has 3 amide bonds. The van der Waals surface area contributed by atoms with Gasteiger partial charge in [0, 0.05) is 18.7 Å². The first-order valence-corrected chi connectivity index (χ1v) is 11.5. The van der Waals surface area contributed by atoms with E-state index in [4.69, 9.17) is 0 Å². The number of nitrogens with one attached hydrogen (secondary N) is 2. The molecule has 2 N–H and O–H groups in total. The van der Waals surface area contributed by atoms with Crippen LogP contribution in [0.15, 0.2) is 47.4 Å². The number of imide groups is 1. The van der Waals surface area contributed by atoms with Crippen LogP contribution in [0, 0.1) is 11.8 Å². The van der Waals surface area contributed by atoms with Crippen LogP contribution < -0.4 is 10.6 Å². The zero-order valence-corrected chi connectivity index (χ0v) is 18.0. The molecule has 0 radical (unpaired) electrons. The standard InChI is InChI=1S/C22H23N3O5S/c1-13-10-14(2)12-25(11-13)31(29,30)16-8-6-15(7-9-16)20(26)23-18-5-3-4-17-19(18)22(28)24-21(17)27/h3-9,13-14H,10-12H2,1-2H3,(H,23,26)(H,24,27,28)/t13-,14-/m0/s1. The summed E-state index contributed by atoms with van der Waals surface area (Å²) in [6.45, 7) is 5.04. The smallest absolute Gasteiger partial charge is 0.261 e. The number of anilines is 1. The van der Waals surface area contributed by atoms with Crippen molar-refractivity contribution in [2.45, 2.75) is 25.2 Å². The molecule has 2 aromatic rings. The van der Waals surface area contributed by atoms with Crippen LogP contribution in [-0.4, -0.2) is 43.5 Å². The van der Waals surface area contributed by atoms with Crippen molar-refractivity contribution in [3.8, 4) is 0 Å². The van der Waals surface area contributed by atoms with Gasteiger partial charge >= 0.3 is 0 Å². The zero-order chi connectivity index (χ0) is 22.3. The number of carbonyl (C=O) groups is 3. The van der Waals surface area contributed by atoms with Crippen LogP contribution in [0.1, 0.15) is 51.3 Å². The molecule has 2 aliphatic heterocycles. The lowest BCUT2D eigenvalue weighted by Crippen LogP contribution is -2.42. The average Bonchev–Trinajstić information content (AvgIpc) is 3.02. The Morgan fingerprint density at radius 3 is 2.29 bits per heavy atom. The van der Waals surface area contributed by atoms with Crippen molar-refractivity contribution in [2.75, 3.05) is 18.4 Å². The number of carbonyl (C=O) groups excluding carboxylic acids is 3. The van der Waals surface area contributed by atoms with Crippen molar-refractivity contribution in [3.05, 3.63) is 59.2 Å². The Morgan fingerprint density at radius 1 is 1.00 bits per heavy atom. The Balaban J connectivity index is 1.53. The molecular weight excluding hydrogens is 418 g/mol. The normalized spacial score (nSPS) is 21.5. The van der Waals surface area contributed by atoms with Gasteiger partial charge in [-0.25, -0.2) is 8.42 Å². The molecule has 8 nitrogen and oxygen atoms in total. The number of rotatable bonds is 4. The van der Waals surface area contributed by atoms with Crippen LogP contribution in [0.25, 0.3) is 0 Å². The summed E-state index contributed by atoms with van der Waals surface area (Å²) in [4.78, 5) is 36.6. The minimum absolute atomic E-state index is 0.119. The predicted octanol–water partition coefficient (Wildman–Crippen LogP) is 2.49. The lowest BCUT2D eigenvalue weighted by molar-refractivity contribution is 0.0879. The second-order valence-electron chi connectivity index (χ2n) is 8.26. The summed E-state index contributed by atoms with van der Waals surface area (Å²) < 4.78 is 27.5. The van der Waals surface area contributed by atoms with E-state index in [9.17, 15) is 22.8 Å². The second kappa shape index (κ2) is 7.90. The third kappa shape index (κ3) is 3.98. The van der Waals surface area contributed by atoms with Crippen LogP contribution in [-0.2, 0) is 10.0 Å². The van der Waals surface area contributed by atoms with Crippen LogP contribution in [0.2, 0.25) is 0 Å². The Bertz CT molecular complexity index is 1160. The highest BCUT2D eigenvalue weighted by molar-refractivity contribution is 7.89. The van der Waals surface area contributed by atoms with Crippen LogP contribution in [0.4, 0.5) is 5.69 Å². The van der Waals surface area contributed by atoms with E-state index in [0.29, 0.717) is 24.9 Å². The lowest BCUT2D eigenvalue weighted by atomic mass is 9.94. The largest absolute Gasteiger partial charge is 0.321 e. The predicted molar refractivity (Wildman–Crippen MR) is 114 cm³/mol. The quantitative estimate of drug-likeness (QED) is 0.708. The molecule has 31 heavy (non-hydrogen) atoms. The minimum atomic E-state index is -3.64. The van der Waals surface area contributed by atoms with E-state index in [1.54, 1.807) is 6.07 Å². The maximum atomic E-state index is 13.0. The summed E-state index contributed by atoms with van der Waals surface area (Å²) in [6, 6.07) is 10.3. The first kappa shape index (κ1) is 21.2. The second-order valence-corrected chi connectivity index (χ2v) is 10.2. The first-order chi connectivity index (χ1) is 14.7. The van der Waals surface area contributed by atoms with Crippen molar-refractivity contribution in [1.82, 2.24) is 9.62 Å². The van der Waals surface area contributed by atoms with Crippen LogP contribution in [0.5, 0.6) is 0 Å². The van der Waals surface area contributed by atoms with Crippen molar-refractivity contribution < 1.29 is 22.8 Å². The number of fused-ring (bicyclic) bond motifs is 1. The number of hydrogen-bond acceptors (Lipinski definition) is 5. The minimum Gasteiger partial charge on any atom is -0.321 e. The topological polar surface area (TPSA) is 113 Å². The van der Waals surface area contributed by atoms with Crippen molar-refractivity contribution in [3.63, 3.8) is 0 Å². The molecule has 2 atom stereocenters. The third-order valence-corrected chi connectivity index (χ3v) is 7.45. The van der Waals surface area contributed by atoms with Gasteiger partial charge in [-0.2, -0.15) is 4.31 Å². The molecule has 162 valence electrons.